The number of piperazine rings is 1. The molecule has 28 heavy (non-hydrogen) atoms. The molecule has 0 aliphatic carbocycles. The molecule has 1 saturated heterocycles. The average Bonchev–Trinajstić information content (AvgIpc) is 3.18. The molecule has 3 heterocycles. The number of nitriles is 1. The number of H-pyrrole nitrogens is 1. The summed E-state index contributed by atoms with van der Waals surface area (Å²) in [5, 5.41) is 9.60. The highest BCUT2D eigenvalue weighted by Crippen LogP contribution is 2.28. The largest absolute Gasteiger partial charge is 0.355 e. The zero-order valence-electron chi connectivity index (χ0n) is 16.0. The lowest BCUT2D eigenvalue weighted by Crippen LogP contribution is -2.44. The fourth-order valence-corrected chi connectivity index (χ4v) is 3.42. The van der Waals surface area contributed by atoms with Crippen molar-refractivity contribution in [3.8, 4) is 17.3 Å². The van der Waals surface area contributed by atoms with Gasteiger partial charge in [0, 0.05) is 43.6 Å². The fourth-order valence-electron chi connectivity index (χ4n) is 3.42. The molecule has 1 N–H and O–H groups in total. The summed E-state index contributed by atoms with van der Waals surface area (Å²) in [4.78, 5) is 12.5. The molecule has 1 aliphatic rings. The third kappa shape index (κ3) is 3.98. The van der Waals surface area contributed by atoms with Crippen molar-refractivity contribution in [2.24, 2.45) is 0 Å². The van der Waals surface area contributed by atoms with E-state index in [1.54, 1.807) is 0 Å². The van der Waals surface area contributed by atoms with Crippen molar-refractivity contribution in [3.05, 3.63) is 71.5 Å². The third-order valence-electron chi connectivity index (χ3n) is 5.08. The standard InChI is InChI=1S/C23H23N5/c1-27-11-13-28(14-12-27)23-20(17-24)16-22(26-23)19-9-10-25-21(15-19)8-7-18-5-3-2-4-6-18/h2-10,15-16,26H,11-14H2,1H3. The summed E-state index contributed by atoms with van der Waals surface area (Å²) in [5.41, 5.74) is 4.69. The van der Waals surface area contributed by atoms with Gasteiger partial charge in [-0.25, -0.2) is 0 Å². The van der Waals surface area contributed by atoms with E-state index in [-0.39, 0.29) is 0 Å². The number of hydrogen-bond donors (Lipinski definition) is 1. The Labute approximate surface area is 165 Å². The summed E-state index contributed by atoms with van der Waals surface area (Å²) >= 11 is 0. The van der Waals surface area contributed by atoms with Gasteiger partial charge in [-0.15, -0.1) is 0 Å². The lowest BCUT2D eigenvalue weighted by molar-refractivity contribution is 0.312. The van der Waals surface area contributed by atoms with Crippen molar-refractivity contribution in [1.82, 2.24) is 14.9 Å². The van der Waals surface area contributed by atoms with Gasteiger partial charge in [0.1, 0.15) is 11.9 Å². The molecule has 1 aliphatic heterocycles. The first kappa shape index (κ1) is 18.0. The summed E-state index contributed by atoms with van der Waals surface area (Å²) in [6.07, 6.45) is 5.87. The van der Waals surface area contributed by atoms with E-state index in [0.29, 0.717) is 5.56 Å². The van der Waals surface area contributed by atoms with Gasteiger partial charge >= 0.3 is 0 Å². The number of aromatic amines is 1. The maximum atomic E-state index is 9.60. The van der Waals surface area contributed by atoms with Crippen molar-refractivity contribution in [1.29, 1.82) is 5.26 Å². The van der Waals surface area contributed by atoms with Gasteiger partial charge in [-0.2, -0.15) is 5.26 Å². The monoisotopic (exact) mass is 369 g/mol. The van der Waals surface area contributed by atoms with E-state index in [9.17, 15) is 5.26 Å². The molecule has 0 amide bonds. The van der Waals surface area contributed by atoms with Gasteiger partial charge < -0.3 is 14.8 Å². The van der Waals surface area contributed by atoms with Crippen LogP contribution in [0.2, 0.25) is 0 Å². The smallest absolute Gasteiger partial charge is 0.124 e. The van der Waals surface area contributed by atoms with Crippen LogP contribution in [-0.2, 0) is 0 Å². The minimum Gasteiger partial charge on any atom is -0.355 e. The Hall–Kier alpha value is -3.36. The lowest BCUT2D eigenvalue weighted by Gasteiger charge is -2.33. The summed E-state index contributed by atoms with van der Waals surface area (Å²) in [5.74, 6) is 0.920. The molecule has 4 rings (SSSR count). The molecular formula is C23H23N5. The maximum Gasteiger partial charge on any atom is 0.124 e. The van der Waals surface area contributed by atoms with Crippen molar-refractivity contribution in [2.45, 2.75) is 0 Å². The Kier molecular flexibility index (Phi) is 5.22. The van der Waals surface area contributed by atoms with E-state index in [1.165, 1.54) is 0 Å². The van der Waals surface area contributed by atoms with Crippen LogP contribution in [0.3, 0.4) is 0 Å². The van der Waals surface area contributed by atoms with Crippen LogP contribution in [0.15, 0.2) is 54.7 Å². The summed E-state index contributed by atoms with van der Waals surface area (Å²) in [7, 11) is 2.13. The number of nitrogens with one attached hydrogen (secondary N) is 1. The number of pyridine rings is 1. The van der Waals surface area contributed by atoms with Crippen LogP contribution in [0, 0.1) is 11.3 Å². The first-order chi connectivity index (χ1) is 13.7. The van der Waals surface area contributed by atoms with Gasteiger partial charge in [0.15, 0.2) is 0 Å². The fraction of sp³-hybridized carbons (Fsp3) is 0.217. The maximum absolute atomic E-state index is 9.60. The summed E-state index contributed by atoms with van der Waals surface area (Å²) in [6.45, 7) is 3.85. The first-order valence-electron chi connectivity index (χ1n) is 9.49. The zero-order valence-corrected chi connectivity index (χ0v) is 16.0. The number of rotatable bonds is 4. The van der Waals surface area contributed by atoms with Gasteiger partial charge in [-0.3, -0.25) is 4.98 Å². The van der Waals surface area contributed by atoms with Gasteiger partial charge in [-0.1, -0.05) is 36.4 Å². The van der Waals surface area contributed by atoms with Gasteiger partial charge in [0.2, 0.25) is 0 Å². The number of hydrogen-bond acceptors (Lipinski definition) is 4. The van der Waals surface area contributed by atoms with E-state index in [2.05, 4.69) is 51.1 Å². The van der Waals surface area contributed by atoms with Crippen molar-refractivity contribution in [3.63, 3.8) is 0 Å². The molecule has 0 atom stereocenters. The Morgan fingerprint density at radius 1 is 1.04 bits per heavy atom. The van der Waals surface area contributed by atoms with Crippen molar-refractivity contribution < 1.29 is 0 Å². The molecule has 0 bridgehead atoms. The zero-order chi connectivity index (χ0) is 19.3. The summed E-state index contributed by atoms with van der Waals surface area (Å²) in [6, 6.07) is 18.5. The highest BCUT2D eigenvalue weighted by atomic mass is 15.3. The minimum atomic E-state index is 0.692. The molecule has 0 radical (unpaired) electrons. The van der Waals surface area contributed by atoms with Crippen molar-refractivity contribution in [2.75, 3.05) is 38.1 Å². The highest BCUT2D eigenvalue weighted by Gasteiger charge is 2.20. The highest BCUT2D eigenvalue weighted by molar-refractivity contribution is 5.73. The third-order valence-corrected chi connectivity index (χ3v) is 5.08. The van der Waals surface area contributed by atoms with Gasteiger partial charge in [0.05, 0.1) is 11.3 Å². The number of likely N-dealkylation sites (N-methyl/N-ethyl adjacent to an activating group) is 1. The number of anilines is 1. The van der Waals surface area contributed by atoms with Gasteiger partial charge in [-0.05, 0) is 36.9 Å². The van der Waals surface area contributed by atoms with Crippen LogP contribution in [0.5, 0.6) is 0 Å². The molecule has 5 heteroatoms. The lowest BCUT2D eigenvalue weighted by atomic mass is 10.1. The van der Waals surface area contributed by atoms with Gasteiger partial charge in [0.25, 0.3) is 0 Å². The van der Waals surface area contributed by atoms with E-state index in [0.717, 1.165) is 54.5 Å². The molecule has 1 aromatic carbocycles. The normalized spacial score (nSPS) is 15.1. The molecule has 0 unspecified atom stereocenters. The molecular weight excluding hydrogens is 346 g/mol. The second-order valence-corrected chi connectivity index (χ2v) is 7.06. The number of benzene rings is 1. The average molecular weight is 369 g/mol. The number of nitrogens with zero attached hydrogens (tertiary/aromatic N) is 4. The minimum absolute atomic E-state index is 0.692. The van der Waals surface area contributed by atoms with Crippen LogP contribution in [-0.4, -0.2) is 48.1 Å². The predicted octanol–water partition coefficient (Wildman–Crippen LogP) is 3.87. The second kappa shape index (κ2) is 8.12. The van der Waals surface area contributed by atoms with E-state index in [4.69, 9.17) is 0 Å². The molecule has 3 aromatic rings. The molecule has 5 nitrogen and oxygen atoms in total. The Morgan fingerprint density at radius 3 is 2.57 bits per heavy atom. The Morgan fingerprint density at radius 2 is 1.82 bits per heavy atom. The quantitative estimate of drug-likeness (QED) is 0.758. The van der Waals surface area contributed by atoms with Crippen LogP contribution in [0.4, 0.5) is 5.82 Å². The molecule has 0 saturated carbocycles. The topological polar surface area (TPSA) is 58.9 Å². The first-order valence-corrected chi connectivity index (χ1v) is 9.49. The molecule has 1 fully saturated rings. The Bertz CT molecular complexity index is 1000. The number of aromatic nitrogens is 2. The molecule has 140 valence electrons. The molecule has 0 spiro atoms. The van der Waals surface area contributed by atoms with Crippen LogP contribution in [0.1, 0.15) is 16.8 Å². The van der Waals surface area contributed by atoms with E-state index in [1.807, 2.05) is 48.7 Å². The van der Waals surface area contributed by atoms with Crippen LogP contribution < -0.4 is 4.90 Å². The Balaban J connectivity index is 1.59. The second-order valence-electron chi connectivity index (χ2n) is 7.06. The van der Waals surface area contributed by atoms with E-state index >= 15 is 0 Å². The van der Waals surface area contributed by atoms with Crippen molar-refractivity contribution >= 4 is 18.0 Å². The summed E-state index contributed by atoms with van der Waals surface area (Å²) < 4.78 is 0. The molecule has 2 aromatic heterocycles. The predicted molar refractivity (Wildman–Crippen MR) is 114 cm³/mol. The van der Waals surface area contributed by atoms with E-state index < -0.39 is 0 Å². The van der Waals surface area contributed by atoms with Crippen LogP contribution >= 0.6 is 0 Å². The van der Waals surface area contributed by atoms with Crippen LogP contribution in [0.25, 0.3) is 23.4 Å². The SMILES string of the molecule is CN1CCN(c2[nH]c(-c3ccnc(C=Cc4ccccc4)c3)cc2C#N)CC1.